The molecule has 2 aliphatic rings. The third-order valence-corrected chi connectivity index (χ3v) is 4.50. The van der Waals surface area contributed by atoms with Crippen LogP contribution in [0.2, 0.25) is 0 Å². The number of carbonyl (C=O) groups excluding carboxylic acids is 1. The summed E-state index contributed by atoms with van der Waals surface area (Å²) in [6.07, 6.45) is 2.56. The maximum atomic E-state index is 13.4. The first-order valence-corrected chi connectivity index (χ1v) is 7.58. The van der Waals surface area contributed by atoms with Crippen LogP contribution in [-0.2, 0) is 17.8 Å². The van der Waals surface area contributed by atoms with Crippen LogP contribution in [0.1, 0.15) is 30.4 Å². The Morgan fingerprint density at radius 3 is 2.73 bits per heavy atom. The van der Waals surface area contributed by atoms with E-state index in [-0.39, 0.29) is 24.3 Å². The number of rotatable bonds is 3. The fraction of sp³-hybridized carbons (Fsp3) is 0.500. The molecule has 22 heavy (non-hydrogen) atoms. The predicted octanol–water partition coefficient (Wildman–Crippen LogP) is 2.15. The van der Waals surface area contributed by atoms with Crippen LogP contribution in [0.15, 0.2) is 18.2 Å². The highest BCUT2D eigenvalue weighted by Gasteiger charge is 2.38. The Labute approximate surface area is 128 Å². The number of hydrogen-bond donors (Lipinski definition) is 2. The minimum absolute atomic E-state index is 0.124. The third-order valence-electron chi connectivity index (χ3n) is 4.50. The van der Waals surface area contributed by atoms with Crippen molar-refractivity contribution in [1.82, 2.24) is 10.2 Å². The number of nitrogens with zero attached hydrogens (tertiary/aromatic N) is 1. The SMILES string of the molecule is O=C(O)NCC(=O)N1Cc2ccc(F)cc2CC[C@@H]1C1CC1. The van der Waals surface area contributed by atoms with Crippen LogP contribution in [0.3, 0.4) is 0 Å². The van der Waals surface area contributed by atoms with E-state index in [4.69, 9.17) is 5.11 Å². The van der Waals surface area contributed by atoms with Gasteiger partial charge in [-0.05, 0) is 54.9 Å². The minimum atomic E-state index is -1.20. The van der Waals surface area contributed by atoms with Crippen molar-refractivity contribution in [2.45, 2.75) is 38.3 Å². The van der Waals surface area contributed by atoms with E-state index >= 15 is 0 Å². The predicted molar refractivity (Wildman–Crippen MR) is 77.8 cm³/mol. The van der Waals surface area contributed by atoms with Crippen LogP contribution in [0.4, 0.5) is 9.18 Å². The van der Waals surface area contributed by atoms with Gasteiger partial charge in [0.15, 0.2) is 0 Å². The quantitative estimate of drug-likeness (QED) is 0.899. The molecule has 1 aromatic rings. The third kappa shape index (κ3) is 3.21. The molecular weight excluding hydrogens is 287 g/mol. The van der Waals surface area contributed by atoms with Crippen LogP contribution in [0.25, 0.3) is 0 Å². The first kappa shape index (κ1) is 14.8. The number of benzene rings is 1. The Hall–Kier alpha value is -2.11. The van der Waals surface area contributed by atoms with Crippen LogP contribution < -0.4 is 5.32 Å². The normalized spacial score (nSPS) is 21.0. The zero-order chi connectivity index (χ0) is 15.7. The van der Waals surface area contributed by atoms with Gasteiger partial charge in [-0.15, -0.1) is 0 Å². The average molecular weight is 306 g/mol. The molecule has 1 aromatic carbocycles. The lowest BCUT2D eigenvalue weighted by Crippen LogP contribution is -2.45. The lowest BCUT2D eigenvalue weighted by molar-refractivity contribution is -0.133. The summed E-state index contributed by atoms with van der Waals surface area (Å²) < 4.78 is 13.4. The second kappa shape index (κ2) is 5.94. The second-order valence-electron chi connectivity index (χ2n) is 6.04. The van der Waals surface area contributed by atoms with Gasteiger partial charge in [0.1, 0.15) is 12.4 Å². The van der Waals surface area contributed by atoms with Crippen molar-refractivity contribution in [3.63, 3.8) is 0 Å². The summed E-state index contributed by atoms with van der Waals surface area (Å²) >= 11 is 0. The van der Waals surface area contributed by atoms with Crippen LogP contribution in [-0.4, -0.2) is 34.6 Å². The standard InChI is InChI=1S/C16H19FN2O3/c17-13-5-3-12-9-19(15(20)8-18-16(21)22)14(10-1-2-10)6-4-11(12)7-13/h3,5,7,10,14,18H,1-2,4,6,8-9H2,(H,21,22)/t14-/m1/s1. The van der Waals surface area contributed by atoms with E-state index in [0.29, 0.717) is 12.5 Å². The average Bonchev–Trinajstić information content (AvgIpc) is 3.29. The summed E-state index contributed by atoms with van der Waals surface area (Å²) in [6, 6.07) is 4.81. The van der Waals surface area contributed by atoms with E-state index in [9.17, 15) is 14.0 Å². The van der Waals surface area contributed by atoms with E-state index in [1.54, 1.807) is 17.0 Å². The van der Waals surface area contributed by atoms with Crippen molar-refractivity contribution >= 4 is 12.0 Å². The maximum absolute atomic E-state index is 13.4. The van der Waals surface area contributed by atoms with Crippen molar-refractivity contribution in [1.29, 1.82) is 0 Å². The molecule has 1 aliphatic carbocycles. The Morgan fingerprint density at radius 2 is 2.05 bits per heavy atom. The van der Waals surface area contributed by atoms with Gasteiger partial charge >= 0.3 is 6.09 Å². The second-order valence-corrected chi connectivity index (χ2v) is 6.04. The summed E-state index contributed by atoms with van der Waals surface area (Å²) in [5.74, 6) is 0.0263. The molecule has 3 rings (SSSR count). The first-order chi connectivity index (χ1) is 10.5. The molecule has 0 spiro atoms. The molecule has 6 heteroatoms. The number of aryl methyl sites for hydroxylation is 1. The molecule has 2 amide bonds. The monoisotopic (exact) mass is 306 g/mol. The van der Waals surface area contributed by atoms with Gasteiger partial charge in [0.25, 0.3) is 0 Å². The van der Waals surface area contributed by atoms with Crippen LogP contribution in [0.5, 0.6) is 0 Å². The number of halogens is 1. The fourth-order valence-electron chi connectivity index (χ4n) is 3.24. The van der Waals surface area contributed by atoms with E-state index in [1.807, 2.05) is 0 Å². The van der Waals surface area contributed by atoms with Crippen LogP contribution in [0, 0.1) is 11.7 Å². The largest absolute Gasteiger partial charge is 0.465 e. The van der Waals surface area contributed by atoms with Crippen molar-refractivity contribution in [3.05, 3.63) is 35.1 Å². The van der Waals surface area contributed by atoms with Gasteiger partial charge in [0.05, 0.1) is 0 Å². The molecular formula is C16H19FN2O3. The molecule has 0 aromatic heterocycles. The molecule has 1 saturated carbocycles. The molecule has 0 radical (unpaired) electrons. The Bertz CT molecular complexity index is 601. The molecule has 0 bridgehead atoms. The van der Waals surface area contributed by atoms with Crippen molar-refractivity contribution in [3.8, 4) is 0 Å². The summed E-state index contributed by atoms with van der Waals surface area (Å²) in [4.78, 5) is 24.8. The molecule has 118 valence electrons. The summed E-state index contributed by atoms with van der Waals surface area (Å²) in [7, 11) is 0. The van der Waals surface area contributed by atoms with E-state index in [2.05, 4.69) is 5.32 Å². The molecule has 1 fully saturated rings. The van der Waals surface area contributed by atoms with Gasteiger partial charge in [0.2, 0.25) is 5.91 Å². The van der Waals surface area contributed by atoms with Gasteiger partial charge in [-0.1, -0.05) is 6.07 Å². The number of fused-ring (bicyclic) bond motifs is 1. The lowest BCUT2D eigenvalue weighted by atomic mass is 10.0. The topological polar surface area (TPSA) is 69.6 Å². The van der Waals surface area contributed by atoms with Gasteiger partial charge < -0.3 is 15.3 Å². The van der Waals surface area contributed by atoms with Gasteiger partial charge in [0, 0.05) is 12.6 Å². The zero-order valence-corrected chi connectivity index (χ0v) is 12.2. The van der Waals surface area contributed by atoms with Crippen molar-refractivity contribution in [2.24, 2.45) is 5.92 Å². The van der Waals surface area contributed by atoms with E-state index in [0.717, 1.165) is 36.8 Å². The highest BCUT2D eigenvalue weighted by Crippen LogP contribution is 2.39. The van der Waals surface area contributed by atoms with Gasteiger partial charge in [-0.2, -0.15) is 0 Å². The number of carbonyl (C=O) groups is 2. The minimum Gasteiger partial charge on any atom is -0.465 e. The zero-order valence-electron chi connectivity index (χ0n) is 12.2. The summed E-state index contributed by atoms with van der Waals surface area (Å²) in [5, 5.41) is 10.8. The Kier molecular flexibility index (Phi) is 4.00. The van der Waals surface area contributed by atoms with Crippen LogP contribution >= 0.6 is 0 Å². The molecule has 5 nitrogen and oxygen atoms in total. The number of nitrogens with one attached hydrogen (secondary N) is 1. The Morgan fingerprint density at radius 1 is 1.27 bits per heavy atom. The smallest absolute Gasteiger partial charge is 0.405 e. The van der Waals surface area contributed by atoms with E-state index in [1.165, 1.54) is 6.07 Å². The molecule has 0 saturated heterocycles. The molecule has 1 aliphatic heterocycles. The highest BCUT2D eigenvalue weighted by molar-refractivity contribution is 5.82. The number of carboxylic acid groups (broad SMARTS) is 1. The summed E-state index contributed by atoms with van der Waals surface area (Å²) in [5.41, 5.74) is 1.90. The summed E-state index contributed by atoms with van der Waals surface area (Å²) in [6.45, 7) is 0.214. The lowest BCUT2D eigenvalue weighted by Gasteiger charge is -2.30. The van der Waals surface area contributed by atoms with E-state index < -0.39 is 6.09 Å². The fourth-order valence-corrected chi connectivity index (χ4v) is 3.24. The number of hydrogen-bond acceptors (Lipinski definition) is 2. The van der Waals surface area contributed by atoms with Crippen molar-refractivity contribution in [2.75, 3.05) is 6.54 Å². The van der Waals surface area contributed by atoms with Crippen molar-refractivity contribution < 1.29 is 19.1 Å². The molecule has 1 heterocycles. The number of amides is 2. The molecule has 0 unspecified atom stereocenters. The van der Waals surface area contributed by atoms with Gasteiger partial charge in [-0.25, -0.2) is 9.18 Å². The molecule has 1 atom stereocenters. The maximum Gasteiger partial charge on any atom is 0.405 e. The Balaban J connectivity index is 1.81. The highest BCUT2D eigenvalue weighted by atomic mass is 19.1. The van der Waals surface area contributed by atoms with Gasteiger partial charge in [-0.3, -0.25) is 4.79 Å². The molecule has 2 N–H and O–H groups in total. The first-order valence-electron chi connectivity index (χ1n) is 7.58.